The molecule has 1 atom stereocenters. The summed E-state index contributed by atoms with van der Waals surface area (Å²) in [7, 11) is 0. The third-order valence-electron chi connectivity index (χ3n) is 7.79. The Morgan fingerprint density at radius 2 is 1.29 bits per heavy atom. The largest absolute Gasteiger partial charge is 0.396 e. The zero-order chi connectivity index (χ0) is 24.9. The van der Waals surface area contributed by atoms with E-state index in [0.29, 0.717) is 6.04 Å². The van der Waals surface area contributed by atoms with Gasteiger partial charge in [-0.1, -0.05) is 106 Å². The van der Waals surface area contributed by atoms with Crippen molar-refractivity contribution in [2.75, 3.05) is 19.7 Å². The van der Waals surface area contributed by atoms with Crippen LogP contribution >= 0.6 is 0 Å². The first-order valence-electron chi connectivity index (χ1n) is 13.1. The van der Waals surface area contributed by atoms with Crippen LogP contribution in [-0.2, 0) is 11.0 Å². The van der Waals surface area contributed by atoms with Gasteiger partial charge in [-0.2, -0.15) is 0 Å². The molecule has 3 heteroatoms. The van der Waals surface area contributed by atoms with Crippen molar-refractivity contribution in [1.29, 1.82) is 0 Å². The summed E-state index contributed by atoms with van der Waals surface area (Å²) in [5.41, 5.74) is 3.75. The van der Waals surface area contributed by atoms with E-state index >= 15 is 0 Å². The van der Waals surface area contributed by atoms with Crippen molar-refractivity contribution in [3.05, 3.63) is 107 Å². The summed E-state index contributed by atoms with van der Waals surface area (Å²) in [5.74, 6) is 0.144. The minimum atomic E-state index is -0.996. The molecule has 0 aromatic heterocycles. The highest BCUT2D eigenvalue weighted by Crippen LogP contribution is 2.43. The van der Waals surface area contributed by atoms with Gasteiger partial charge in [-0.15, -0.1) is 0 Å². The fraction of sp³-hybridized carbons (Fsp3) is 0.438. The molecule has 0 radical (unpaired) electrons. The zero-order valence-electron chi connectivity index (χ0n) is 21.5. The standard InChI is InChI=1S/C32H41NO2/c1-31(2,3)26-18-16-25(17-19-26)30(15-10-24-34)33-22-20-29(21-23-33)32(35,27-11-6-4-7-12-27)28-13-8-5-9-14-28/h4-9,11-14,16-19,29-30,34-35H,10,15,20-24H2,1-3H3/t30-/m0/s1. The molecule has 3 aromatic carbocycles. The van der Waals surface area contributed by atoms with Crippen molar-refractivity contribution in [3.8, 4) is 0 Å². The molecule has 0 spiro atoms. The molecule has 1 saturated heterocycles. The molecule has 1 aliphatic heterocycles. The molecular weight excluding hydrogens is 430 g/mol. The molecule has 4 rings (SSSR count). The molecule has 0 unspecified atom stereocenters. The van der Waals surface area contributed by atoms with Gasteiger partial charge < -0.3 is 10.2 Å². The summed E-state index contributed by atoms with van der Waals surface area (Å²) < 4.78 is 0. The normalized spacial score (nSPS) is 16.8. The van der Waals surface area contributed by atoms with Crippen LogP contribution in [-0.4, -0.2) is 34.8 Å². The van der Waals surface area contributed by atoms with Crippen LogP contribution < -0.4 is 0 Å². The molecule has 1 fully saturated rings. The first-order valence-corrected chi connectivity index (χ1v) is 13.1. The maximum atomic E-state index is 12.2. The molecule has 1 heterocycles. The van der Waals surface area contributed by atoms with Crippen molar-refractivity contribution in [2.45, 2.75) is 63.5 Å². The third kappa shape index (κ3) is 5.69. The monoisotopic (exact) mass is 471 g/mol. The summed E-state index contributed by atoms with van der Waals surface area (Å²) >= 11 is 0. The molecule has 0 aliphatic carbocycles. The van der Waals surface area contributed by atoms with Gasteiger partial charge in [0.05, 0.1) is 0 Å². The molecule has 35 heavy (non-hydrogen) atoms. The second-order valence-electron chi connectivity index (χ2n) is 11.1. The summed E-state index contributed by atoms with van der Waals surface area (Å²) in [4.78, 5) is 2.56. The summed E-state index contributed by atoms with van der Waals surface area (Å²) in [6.45, 7) is 8.83. The number of piperidine rings is 1. The number of benzene rings is 3. The number of aliphatic hydroxyl groups is 2. The van der Waals surface area contributed by atoms with E-state index in [1.165, 1.54) is 11.1 Å². The van der Waals surface area contributed by atoms with E-state index in [2.05, 4.69) is 74.2 Å². The highest BCUT2D eigenvalue weighted by atomic mass is 16.3. The fourth-order valence-electron chi connectivity index (χ4n) is 5.70. The van der Waals surface area contributed by atoms with Crippen molar-refractivity contribution in [3.63, 3.8) is 0 Å². The van der Waals surface area contributed by atoms with Gasteiger partial charge in [0.2, 0.25) is 0 Å². The summed E-state index contributed by atoms with van der Waals surface area (Å²) in [5, 5.41) is 21.8. The molecule has 3 nitrogen and oxygen atoms in total. The van der Waals surface area contributed by atoms with Crippen molar-refractivity contribution in [2.24, 2.45) is 5.92 Å². The van der Waals surface area contributed by atoms with E-state index in [-0.39, 0.29) is 17.9 Å². The van der Waals surface area contributed by atoms with E-state index in [1.807, 2.05) is 36.4 Å². The Morgan fingerprint density at radius 3 is 1.74 bits per heavy atom. The fourth-order valence-corrected chi connectivity index (χ4v) is 5.70. The van der Waals surface area contributed by atoms with E-state index in [1.54, 1.807) is 0 Å². The lowest BCUT2D eigenvalue weighted by Gasteiger charge is -2.44. The predicted molar refractivity (Wildman–Crippen MR) is 144 cm³/mol. The second kappa shape index (κ2) is 11.1. The first kappa shape index (κ1) is 25.6. The third-order valence-corrected chi connectivity index (χ3v) is 7.79. The Morgan fingerprint density at radius 1 is 0.771 bits per heavy atom. The number of likely N-dealkylation sites (tertiary alicyclic amines) is 1. The number of rotatable bonds is 8. The highest BCUT2D eigenvalue weighted by molar-refractivity contribution is 5.37. The van der Waals surface area contributed by atoms with Crippen molar-refractivity contribution in [1.82, 2.24) is 4.90 Å². The maximum Gasteiger partial charge on any atom is 0.117 e. The van der Waals surface area contributed by atoms with Gasteiger partial charge in [-0.3, -0.25) is 4.90 Å². The first-order chi connectivity index (χ1) is 16.8. The molecule has 1 aliphatic rings. The van der Waals surface area contributed by atoms with Crippen molar-refractivity contribution < 1.29 is 10.2 Å². The average molecular weight is 472 g/mol. The van der Waals surface area contributed by atoms with E-state index in [9.17, 15) is 10.2 Å². The van der Waals surface area contributed by atoms with Crippen LogP contribution in [0.2, 0.25) is 0 Å². The van der Waals surface area contributed by atoms with Gasteiger partial charge in [0, 0.05) is 12.6 Å². The molecule has 0 amide bonds. The SMILES string of the molecule is CC(C)(C)c1ccc([C@H](CCCO)N2CCC(C(O)(c3ccccc3)c3ccccc3)CC2)cc1. The quantitative estimate of drug-likeness (QED) is 0.397. The molecular formula is C32H41NO2. The number of hydrogen-bond acceptors (Lipinski definition) is 3. The minimum Gasteiger partial charge on any atom is -0.396 e. The topological polar surface area (TPSA) is 43.7 Å². The minimum absolute atomic E-state index is 0.136. The lowest BCUT2D eigenvalue weighted by Crippen LogP contribution is -2.45. The van der Waals surface area contributed by atoms with Gasteiger partial charge in [0.15, 0.2) is 0 Å². The van der Waals surface area contributed by atoms with Gasteiger partial charge in [-0.25, -0.2) is 0 Å². The summed E-state index contributed by atoms with van der Waals surface area (Å²) in [6.07, 6.45) is 3.59. The number of aliphatic hydroxyl groups excluding tert-OH is 1. The Kier molecular flexibility index (Phi) is 8.11. The Hall–Kier alpha value is -2.46. The van der Waals surface area contributed by atoms with Crippen LogP contribution in [0.25, 0.3) is 0 Å². The number of hydrogen-bond donors (Lipinski definition) is 2. The average Bonchev–Trinajstić information content (AvgIpc) is 2.89. The van der Waals surface area contributed by atoms with Gasteiger partial charge >= 0.3 is 0 Å². The van der Waals surface area contributed by atoms with Crippen LogP contribution in [0.3, 0.4) is 0 Å². The van der Waals surface area contributed by atoms with Gasteiger partial charge in [0.1, 0.15) is 5.60 Å². The van der Waals surface area contributed by atoms with Crippen LogP contribution in [0.4, 0.5) is 0 Å². The zero-order valence-corrected chi connectivity index (χ0v) is 21.5. The molecule has 3 aromatic rings. The van der Waals surface area contributed by atoms with Crippen LogP contribution in [0.1, 0.15) is 74.8 Å². The highest BCUT2D eigenvalue weighted by Gasteiger charge is 2.42. The van der Waals surface area contributed by atoms with Crippen LogP contribution in [0.15, 0.2) is 84.9 Å². The maximum absolute atomic E-state index is 12.2. The predicted octanol–water partition coefficient (Wildman–Crippen LogP) is 6.45. The van der Waals surface area contributed by atoms with Crippen LogP contribution in [0, 0.1) is 5.92 Å². The van der Waals surface area contributed by atoms with E-state index in [0.717, 1.165) is 49.9 Å². The Balaban J connectivity index is 1.56. The Bertz CT molecular complexity index is 993. The molecule has 2 N–H and O–H groups in total. The Labute approximate surface area is 211 Å². The molecule has 0 saturated carbocycles. The van der Waals surface area contributed by atoms with Crippen molar-refractivity contribution >= 4 is 0 Å². The lowest BCUT2D eigenvalue weighted by atomic mass is 9.72. The second-order valence-corrected chi connectivity index (χ2v) is 11.1. The summed E-state index contributed by atoms with van der Waals surface area (Å²) in [6, 6.07) is 29.7. The molecule has 186 valence electrons. The van der Waals surface area contributed by atoms with Crippen LogP contribution in [0.5, 0.6) is 0 Å². The van der Waals surface area contributed by atoms with E-state index < -0.39 is 5.60 Å². The number of nitrogens with zero attached hydrogens (tertiary/aromatic N) is 1. The van der Waals surface area contributed by atoms with E-state index in [4.69, 9.17) is 0 Å². The lowest BCUT2D eigenvalue weighted by molar-refractivity contribution is -0.0216. The smallest absolute Gasteiger partial charge is 0.117 e. The van der Waals surface area contributed by atoms with Gasteiger partial charge in [-0.05, 0) is 72.4 Å². The molecule has 0 bridgehead atoms. The van der Waals surface area contributed by atoms with Gasteiger partial charge in [0.25, 0.3) is 0 Å².